The Bertz CT molecular complexity index is 198. The Morgan fingerprint density at radius 1 is 1.33 bits per heavy atom. The molecule has 0 aromatic carbocycles. The standard InChI is InChI=1S/C12H23NOS/c13-9-12(5-2-1-3-6-12)11(14)10-4-7-15-8-10/h10-11,14H,1-9,13H2. The van der Waals surface area contributed by atoms with E-state index in [4.69, 9.17) is 5.73 Å². The molecule has 1 saturated carbocycles. The maximum atomic E-state index is 10.5. The molecule has 1 heterocycles. The second kappa shape index (κ2) is 5.07. The monoisotopic (exact) mass is 229 g/mol. The predicted molar refractivity (Wildman–Crippen MR) is 66.0 cm³/mol. The number of hydrogen-bond donors (Lipinski definition) is 2. The van der Waals surface area contributed by atoms with Crippen molar-refractivity contribution in [1.82, 2.24) is 0 Å². The molecule has 0 spiro atoms. The average molecular weight is 229 g/mol. The van der Waals surface area contributed by atoms with Crippen LogP contribution in [0.4, 0.5) is 0 Å². The molecule has 1 aliphatic heterocycles. The van der Waals surface area contributed by atoms with E-state index < -0.39 is 0 Å². The van der Waals surface area contributed by atoms with Gasteiger partial charge < -0.3 is 10.8 Å². The second-order valence-electron chi connectivity index (χ2n) is 5.20. The highest BCUT2D eigenvalue weighted by molar-refractivity contribution is 7.99. The average Bonchev–Trinajstić information content (AvgIpc) is 2.82. The van der Waals surface area contributed by atoms with Crippen LogP contribution in [-0.2, 0) is 0 Å². The zero-order valence-corrected chi connectivity index (χ0v) is 10.3. The lowest BCUT2D eigenvalue weighted by atomic mass is 9.67. The minimum atomic E-state index is -0.141. The van der Waals surface area contributed by atoms with Crippen LogP contribution in [-0.4, -0.2) is 29.3 Å². The van der Waals surface area contributed by atoms with Gasteiger partial charge in [0.1, 0.15) is 0 Å². The molecular weight excluding hydrogens is 206 g/mol. The summed E-state index contributed by atoms with van der Waals surface area (Å²) in [4.78, 5) is 0. The number of rotatable bonds is 3. The number of hydrogen-bond acceptors (Lipinski definition) is 3. The highest BCUT2D eigenvalue weighted by Gasteiger charge is 2.42. The van der Waals surface area contributed by atoms with Gasteiger partial charge >= 0.3 is 0 Å². The van der Waals surface area contributed by atoms with E-state index in [0.29, 0.717) is 12.5 Å². The van der Waals surface area contributed by atoms with Crippen molar-refractivity contribution >= 4 is 11.8 Å². The molecule has 15 heavy (non-hydrogen) atoms. The van der Waals surface area contributed by atoms with Gasteiger partial charge in [-0.25, -0.2) is 0 Å². The molecule has 1 saturated heterocycles. The molecule has 0 aromatic heterocycles. The molecule has 0 amide bonds. The van der Waals surface area contributed by atoms with Crippen LogP contribution >= 0.6 is 11.8 Å². The highest BCUT2D eigenvalue weighted by Crippen LogP contribution is 2.43. The first-order valence-electron chi connectivity index (χ1n) is 6.24. The molecule has 2 aliphatic rings. The Morgan fingerprint density at radius 3 is 2.60 bits per heavy atom. The number of aliphatic hydroxyl groups excluding tert-OH is 1. The van der Waals surface area contributed by atoms with Crippen molar-refractivity contribution in [1.29, 1.82) is 0 Å². The zero-order valence-electron chi connectivity index (χ0n) is 9.45. The van der Waals surface area contributed by atoms with E-state index in [1.54, 1.807) is 0 Å². The lowest BCUT2D eigenvalue weighted by Crippen LogP contribution is -2.47. The van der Waals surface area contributed by atoms with Crippen molar-refractivity contribution in [2.45, 2.75) is 44.6 Å². The molecule has 2 fully saturated rings. The Hall–Kier alpha value is 0.270. The van der Waals surface area contributed by atoms with Crippen LogP contribution in [0.25, 0.3) is 0 Å². The summed E-state index contributed by atoms with van der Waals surface area (Å²) in [5.41, 5.74) is 6.00. The van der Waals surface area contributed by atoms with Crippen LogP contribution in [0.5, 0.6) is 0 Å². The summed E-state index contributed by atoms with van der Waals surface area (Å²) in [5.74, 6) is 2.88. The fourth-order valence-corrected chi connectivity index (χ4v) is 4.47. The van der Waals surface area contributed by atoms with Gasteiger partial charge in [0.05, 0.1) is 6.10 Å². The van der Waals surface area contributed by atoms with Gasteiger partial charge in [-0.2, -0.15) is 11.8 Å². The van der Waals surface area contributed by atoms with Gasteiger partial charge in [0, 0.05) is 12.0 Å². The first-order chi connectivity index (χ1) is 7.28. The molecule has 3 heteroatoms. The van der Waals surface area contributed by atoms with Gasteiger partial charge in [-0.15, -0.1) is 0 Å². The maximum absolute atomic E-state index is 10.5. The van der Waals surface area contributed by atoms with E-state index in [0.717, 1.165) is 18.6 Å². The fourth-order valence-electron chi connectivity index (χ4n) is 3.18. The quantitative estimate of drug-likeness (QED) is 0.778. The predicted octanol–water partition coefficient (Wildman–Crippen LogP) is 2.01. The van der Waals surface area contributed by atoms with Gasteiger partial charge in [-0.3, -0.25) is 0 Å². The lowest BCUT2D eigenvalue weighted by Gasteiger charge is -2.42. The Balaban J connectivity index is 2.02. The maximum Gasteiger partial charge on any atom is 0.0644 e. The van der Waals surface area contributed by atoms with Crippen LogP contribution in [0.15, 0.2) is 0 Å². The minimum absolute atomic E-state index is 0.0633. The van der Waals surface area contributed by atoms with Crippen LogP contribution in [0, 0.1) is 11.3 Å². The van der Waals surface area contributed by atoms with E-state index in [1.165, 1.54) is 31.4 Å². The molecule has 2 atom stereocenters. The molecule has 2 unspecified atom stereocenters. The SMILES string of the molecule is NCC1(C(O)C2CCSC2)CCCCC1. The second-order valence-corrected chi connectivity index (χ2v) is 6.35. The summed E-state index contributed by atoms with van der Waals surface area (Å²) in [6.07, 6.45) is 7.18. The summed E-state index contributed by atoms with van der Waals surface area (Å²) in [5, 5.41) is 10.5. The van der Waals surface area contributed by atoms with Gasteiger partial charge in [0.25, 0.3) is 0 Å². The first kappa shape index (κ1) is 11.7. The van der Waals surface area contributed by atoms with E-state index in [2.05, 4.69) is 0 Å². The Labute approximate surface area is 97.0 Å². The molecule has 0 radical (unpaired) electrons. The van der Waals surface area contributed by atoms with Crippen LogP contribution < -0.4 is 5.73 Å². The van der Waals surface area contributed by atoms with E-state index in [9.17, 15) is 5.11 Å². The molecule has 1 aliphatic carbocycles. The third-order valence-corrected chi connectivity index (χ3v) is 5.48. The molecule has 2 rings (SSSR count). The van der Waals surface area contributed by atoms with Gasteiger partial charge in [-0.1, -0.05) is 19.3 Å². The number of thioether (sulfide) groups is 1. The number of nitrogens with two attached hydrogens (primary N) is 1. The fraction of sp³-hybridized carbons (Fsp3) is 1.00. The molecule has 3 N–H and O–H groups in total. The van der Waals surface area contributed by atoms with E-state index in [-0.39, 0.29) is 11.5 Å². The topological polar surface area (TPSA) is 46.2 Å². The minimum Gasteiger partial charge on any atom is -0.392 e. The summed E-state index contributed by atoms with van der Waals surface area (Å²) in [7, 11) is 0. The lowest BCUT2D eigenvalue weighted by molar-refractivity contribution is -0.0299. The van der Waals surface area contributed by atoms with Crippen molar-refractivity contribution in [2.75, 3.05) is 18.1 Å². The highest BCUT2D eigenvalue weighted by atomic mass is 32.2. The van der Waals surface area contributed by atoms with Gasteiger partial charge in [0.15, 0.2) is 0 Å². The van der Waals surface area contributed by atoms with E-state index in [1.807, 2.05) is 11.8 Å². The molecule has 0 bridgehead atoms. The third-order valence-electron chi connectivity index (χ3n) is 4.29. The van der Waals surface area contributed by atoms with E-state index >= 15 is 0 Å². The molecule has 2 nitrogen and oxygen atoms in total. The smallest absolute Gasteiger partial charge is 0.0644 e. The first-order valence-corrected chi connectivity index (χ1v) is 7.40. The van der Waals surface area contributed by atoms with Crippen molar-refractivity contribution in [3.8, 4) is 0 Å². The number of aliphatic hydroxyl groups is 1. The largest absolute Gasteiger partial charge is 0.392 e. The van der Waals surface area contributed by atoms with Crippen molar-refractivity contribution in [3.63, 3.8) is 0 Å². The van der Waals surface area contributed by atoms with Crippen LogP contribution in [0.2, 0.25) is 0 Å². The normalized spacial score (nSPS) is 32.8. The van der Waals surface area contributed by atoms with Crippen molar-refractivity contribution < 1.29 is 5.11 Å². The zero-order chi connectivity index (χ0) is 10.7. The van der Waals surface area contributed by atoms with Crippen molar-refractivity contribution in [2.24, 2.45) is 17.1 Å². The van der Waals surface area contributed by atoms with Gasteiger partial charge in [-0.05, 0) is 36.7 Å². The Kier molecular flexibility index (Phi) is 3.97. The molecule has 0 aromatic rings. The van der Waals surface area contributed by atoms with Crippen molar-refractivity contribution in [3.05, 3.63) is 0 Å². The summed E-state index contributed by atoms with van der Waals surface area (Å²) in [6, 6.07) is 0. The van der Waals surface area contributed by atoms with Crippen LogP contribution in [0.3, 0.4) is 0 Å². The summed E-state index contributed by atoms with van der Waals surface area (Å²) < 4.78 is 0. The summed E-state index contributed by atoms with van der Waals surface area (Å²) >= 11 is 1.98. The third kappa shape index (κ3) is 2.34. The molecule has 88 valence electrons. The van der Waals surface area contributed by atoms with Gasteiger partial charge in [0.2, 0.25) is 0 Å². The summed E-state index contributed by atoms with van der Waals surface area (Å²) in [6.45, 7) is 0.676. The van der Waals surface area contributed by atoms with Crippen LogP contribution in [0.1, 0.15) is 38.5 Å². The Morgan fingerprint density at radius 2 is 2.07 bits per heavy atom. The molecular formula is C12H23NOS.